The van der Waals surface area contributed by atoms with Crippen LogP contribution in [-0.2, 0) is 9.53 Å². The first-order chi connectivity index (χ1) is 16.4. The molecule has 1 amide bonds. The lowest BCUT2D eigenvalue weighted by Gasteiger charge is -2.30. The molecule has 3 atom stereocenters. The molecule has 0 radical (unpaired) electrons. The zero-order chi connectivity index (χ0) is 24.8. The molecule has 0 bridgehead atoms. The van der Waals surface area contributed by atoms with E-state index in [1.165, 1.54) is 31.3 Å². The van der Waals surface area contributed by atoms with E-state index in [1.54, 1.807) is 5.01 Å². The van der Waals surface area contributed by atoms with E-state index < -0.39 is 18.1 Å². The first kappa shape index (κ1) is 28.3. The Bertz CT molecular complexity index is 715. The predicted molar refractivity (Wildman–Crippen MR) is 140 cm³/mol. The van der Waals surface area contributed by atoms with Gasteiger partial charge >= 0.3 is 0 Å². The van der Waals surface area contributed by atoms with Crippen molar-refractivity contribution in [3.63, 3.8) is 0 Å². The smallest absolute Gasteiger partial charge is 0.268 e. The lowest BCUT2D eigenvalue weighted by Crippen LogP contribution is -2.53. The van der Waals surface area contributed by atoms with Gasteiger partial charge < -0.3 is 15.6 Å². The highest BCUT2D eigenvalue weighted by Crippen LogP contribution is 2.27. The summed E-state index contributed by atoms with van der Waals surface area (Å²) < 4.78 is 5.88. The van der Waals surface area contributed by atoms with Gasteiger partial charge in [0.05, 0.1) is 18.8 Å². The summed E-state index contributed by atoms with van der Waals surface area (Å²) in [5.74, 6) is 0.663. The van der Waals surface area contributed by atoms with Crippen LogP contribution in [-0.4, -0.2) is 42.9 Å². The van der Waals surface area contributed by atoms with Gasteiger partial charge in [0.15, 0.2) is 0 Å². The number of nitrogens with zero attached hydrogens (tertiary/aromatic N) is 1. The number of rotatable bonds is 15. The number of carbonyl (C=O) groups is 1. The Labute approximate surface area is 206 Å². The van der Waals surface area contributed by atoms with Crippen LogP contribution < -0.4 is 16.2 Å². The predicted octanol–water partition coefficient (Wildman–Crippen LogP) is 4.97. The number of aliphatic hydroxyl groups excluding tert-OH is 1. The van der Waals surface area contributed by atoms with E-state index in [0.29, 0.717) is 38.0 Å². The van der Waals surface area contributed by atoms with Crippen LogP contribution in [0, 0.1) is 11.8 Å². The molecular formula is C28H47N3O3. The van der Waals surface area contributed by atoms with Crippen molar-refractivity contribution in [3.05, 3.63) is 42.0 Å². The van der Waals surface area contributed by atoms with Gasteiger partial charge in [0.1, 0.15) is 6.10 Å². The van der Waals surface area contributed by atoms with Gasteiger partial charge in [-0.2, -0.15) is 0 Å². The summed E-state index contributed by atoms with van der Waals surface area (Å²) in [7, 11) is 0. The van der Waals surface area contributed by atoms with Crippen molar-refractivity contribution in [2.75, 3.05) is 24.8 Å². The third-order valence-electron chi connectivity index (χ3n) is 6.74. The lowest BCUT2D eigenvalue weighted by atomic mass is 9.84. The number of hydrogen-bond donors (Lipinski definition) is 3. The molecule has 192 valence electrons. The molecule has 1 fully saturated rings. The first-order valence-electron chi connectivity index (χ1n) is 13.1. The Hall–Kier alpha value is -1.89. The number of allylic oxidation sites excluding steroid dienone is 2. The summed E-state index contributed by atoms with van der Waals surface area (Å²) in [6.07, 6.45) is 11.0. The molecule has 0 aliphatic heterocycles. The van der Waals surface area contributed by atoms with Crippen LogP contribution in [0.4, 0.5) is 5.69 Å². The Morgan fingerprint density at radius 1 is 1.18 bits per heavy atom. The number of benzene rings is 1. The van der Waals surface area contributed by atoms with Gasteiger partial charge in [0.2, 0.25) is 0 Å². The normalized spacial score (nSPS) is 17.0. The van der Waals surface area contributed by atoms with Gasteiger partial charge in [-0.05, 0) is 63.5 Å². The fourth-order valence-electron chi connectivity index (χ4n) is 4.53. The summed E-state index contributed by atoms with van der Waals surface area (Å²) in [4.78, 5) is 12.8. The first-order valence-corrected chi connectivity index (χ1v) is 13.1. The Kier molecular flexibility index (Phi) is 13.3. The third kappa shape index (κ3) is 11.0. The average Bonchev–Trinajstić information content (AvgIpc) is 2.83. The molecule has 1 aromatic carbocycles. The average molecular weight is 474 g/mol. The minimum atomic E-state index is -1.23. The van der Waals surface area contributed by atoms with Crippen LogP contribution in [0.3, 0.4) is 0 Å². The molecular weight excluding hydrogens is 426 g/mol. The fraction of sp³-hybridized carbons (Fsp3) is 0.679. The quantitative estimate of drug-likeness (QED) is 0.190. The van der Waals surface area contributed by atoms with Crippen LogP contribution in [0.25, 0.3) is 0 Å². The van der Waals surface area contributed by atoms with Crippen molar-refractivity contribution in [2.45, 2.75) is 90.7 Å². The number of hydrogen-bond acceptors (Lipinski definition) is 5. The van der Waals surface area contributed by atoms with Crippen LogP contribution in [0.1, 0.15) is 78.6 Å². The lowest BCUT2D eigenvalue weighted by molar-refractivity contribution is -0.130. The number of nitrogens with two attached hydrogens (primary N) is 1. The second kappa shape index (κ2) is 15.9. The number of nitrogens with one attached hydrogen (secondary N) is 1. The number of amides is 1. The van der Waals surface area contributed by atoms with E-state index in [0.717, 1.165) is 31.4 Å². The third-order valence-corrected chi connectivity index (χ3v) is 6.74. The van der Waals surface area contributed by atoms with Gasteiger partial charge in [0, 0.05) is 12.6 Å². The maximum absolute atomic E-state index is 12.8. The van der Waals surface area contributed by atoms with Crippen molar-refractivity contribution in [2.24, 2.45) is 17.6 Å². The zero-order valence-electron chi connectivity index (χ0n) is 21.5. The van der Waals surface area contributed by atoms with E-state index in [-0.39, 0.29) is 0 Å². The number of hydrazine groups is 1. The van der Waals surface area contributed by atoms with Crippen molar-refractivity contribution >= 4 is 11.6 Å². The summed E-state index contributed by atoms with van der Waals surface area (Å²) >= 11 is 0. The highest BCUT2D eigenvalue weighted by Gasteiger charge is 2.27. The fourth-order valence-corrected chi connectivity index (χ4v) is 4.53. The maximum Gasteiger partial charge on any atom is 0.268 e. The number of aliphatic hydroxyl groups is 1. The molecule has 0 heterocycles. The van der Waals surface area contributed by atoms with Gasteiger partial charge in [0.25, 0.3) is 5.91 Å². The molecule has 0 saturated heterocycles. The molecule has 3 unspecified atom stereocenters. The summed E-state index contributed by atoms with van der Waals surface area (Å²) in [5, 5.41) is 12.3. The van der Waals surface area contributed by atoms with Gasteiger partial charge in [-0.15, -0.1) is 0 Å². The topological polar surface area (TPSA) is 87.8 Å². The molecule has 1 aliphatic rings. The molecule has 6 heteroatoms. The van der Waals surface area contributed by atoms with Gasteiger partial charge in [-0.3, -0.25) is 15.2 Å². The molecule has 1 aromatic rings. The molecule has 1 saturated carbocycles. The van der Waals surface area contributed by atoms with E-state index in [2.05, 4.69) is 32.3 Å². The molecule has 4 N–H and O–H groups in total. The van der Waals surface area contributed by atoms with Crippen LogP contribution in [0.5, 0.6) is 0 Å². The number of anilines is 1. The van der Waals surface area contributed by atoms with E-state index >= 15 is 0 Å². The summed E-state index contributed by atoms with van der Waals surface area (Å²) in [5.41, 5.74) is 11.3. The Morgan fingerprint density at radius 3 is 2.56 bits per heavy atom. The summed E-state index contributed by atoms with van der Waals surface area (Å²) in [6, 6.07) is 9.10. The zero-order valence-corrected chi connectivity index (χ0v) is 21.5. The molecule has 6 nitrogen and oxygen atoms in total. The van der Waals surface area contributed by atoms with Crippen molar-refractivity contribution in [1.29, 1.82) is 0 Å². The standard InChI is InChI=1S/C28H47N3O3/c1-22(2)11-10-12-23(3)17-19-34-20-18-31(25-15-8-5-9-16-25)30-28(33)27(32)26(29)21-24-13-6-4-7-14-24/h5,8-9,11,15-16,23-24,26-27,32H,4,6-7,10,12-14,17-21,29H2,1-3H3,(H,30,33). The van der Waals surface area contributed by atoms with E-state index in [1.807, 2.05) is 30.3 Å². The number of carbonyl (C=O) groups excluding carboxylic acids is 1. The van der Waals surface area contributed by atoms with Crippen molar-refractivity contribution in [3.8, 4) is 0 Å². The molecule has 34 heavy (non-hydrogen) atoms. The highest BCUT2D eigenvalue weighted by molar-refractivity contribution is 5.82. The SMILES string of the molecule is CC(C)=CCCC(C)CCOCCN(NC(=O)C(O)C(N)CC1CCCCC1)c1ccccc1. The van der Waals surface area contributed by atoms with E-state index in [4.69, 9.17) is 10.5 Å². The minimum Gasteiger partial charge on any atom is -0.382 e. The second-order valence-corrected chi connectivity index (χ2v) is 10.2. The van der Waals surface area contributed by atoms with Gasteiger partial charge in [-0.1, -0.05) is 68.9 Å². The Balaban J connectivity index is 1.79. The monoisotopic (exact) mass is 473 g/mol. The van der Waals surface area contributed by atoms with Gasteiger partial charge in [-0.25, -0.2) is 0 Å². The van der Waals surface area contributed by atoms with Crippen LogP contribution >= 0.6 is 0 Å². The molecule has 2 rings (SSSR count). The van der Waals surface area contributed by atoms with Crippen LogP contribution in [0.2, 0.25) is 0 Å². The second-order valence-electron chi connectivity index (χ2n) is 10.2. The van der Waals surface area contributed by atoms with E-state index in [9.17, 15) is 9.90 Å². The number of para-hydroxylation sites is 1. The largest absolute Gasteiger partial charge is 0.382 e. The summed E-state index contributed by atoms with van der Waals surface area (Å²) in [6.45, 7) is 8.20. The number of ether oxygens (including phenoxy) is 1. The minimum absolute atomic E-state index is 0.458. The van der Waals surface area contributed by atoms with Crippen molar-refractivity contribution in [1.82, 2.24) is 5.43 Å². The maximum atomic E-state index is 12.8. The van der Waals surface area contributed by atoms with Crippen LogP contribution in [0.15, 0.2) is 42.0 Å². The molecule has 0 spiro atoms. The van der Waals surface area contributed by atoms with Crippen molar-refractivity contribution < 1.29 is 14.6 Å². The highest BCUT2D eigenvalue weighted by atomic mass is 16.5. The molecule has 1 aliphatic carbocycles. The molecule has 0 aromatic heterocycles. The Morgan fingerprint density at radius 2 is 1.88 bits per heavy atom.